The molecule has 2 heterocycles. The largest absolute Gasteiger partial charge is 0.309 e. The first-order chi connectivity index (χ1) is 37.8. The molecule has 0 spiro atoms. The molecule has 4 atom stereocenters. The molecule has 0 aliphatic heterocycles. The first-order valence-electron chi connectivity index (χ1n) is 30.1. The number of unbranched alkanes of at least 4 members (excludes halogenated alkanes) is 3. The van der Waals surface area contributed by atoms with Gasteiger partial charge in [-0.3, -0.25) is 4.98 Å². The molecular weight excluding hydrogens is 929 g/mol. The van der Waals surface area contributed by atoms with Crippen LogP contribution in [0.15, 0.2) is 164 Å². The van der Waals surface area contributed by atoms with Crippen LogP contribution in [-0.2, 0) is 24.7 Å². The van der Waals surface area contributed by atoms with Crippen LogP contribution in [0.3, 0.4) is 0 Å². The minimum atomic E-state index is -0.393. The summed E-state index contributed by atoms with van der Waals surface area (Å²) < 4.78 is 2.57. The fraction of sp³-hybridized carbons (Fsp3) is 0.347. The van der Waals surface area contributed by atoms with Crippen molar-refractivity contribution in [1.29, 1.82) is 0 Å². The standard InChI is InChI=1S/C75H82N2/c1-8-14-22-51(11-4)43-54-30-32-55(33-31-54)46-68-61-38-36-58(49-64(61)63-27-21-42-76-74(63)68)60-25-17-19-28-69(60)75(7)70-29-20-18-26-62(70)65-50-59(37-39-71(65)75)77-72-40-34-56(44-52(12-5)23-15-9-2)47-66(72)67-48-57(35-41-73(67)77)45-53(13-6)24-16-10-3/h17-21,25-42,46-53H,8-16,22-24,43-45H2,1-7H3/b68-46-. The lowest BCUT2D eigenvalue weighted by Crippen LogP contribution is -2.23. The fourth-order valence-corrected chi connectivity index (χ4v) is 13.8. The van der Waals surface area contributed by atoms with Crippen molar-refractivity contribution in [2.24, 2.45) is 17.8 Å². The predicted octanol–water partition coefficient (Wildman–Crippen LogP) is 21.0. The second-order valence-corrected chi connectivity index (χ2v) is 23.3. The second-order valence-electron chi connectivity index (χ2n) is 23.3. The van der Waals surface area contributed by atoms with Gasteiger partial charge in [0.1, 0.15) is 0 Å². The lowest BCUT2D eigenvalue weighted by atomic mass is 9.71. The summed E-state index contributed by atoms with van der Waals surface area (Å²) in [6, 6.07) is 61.4. The first-order valence-corrected chi connectivity index (χ1v) is 30.1. The van der Waals surface area contributed by atoms with Crippen molar-refractivity contribution in [3.8, 4) is 39.1 Å². The van der Waals surface area contributed by atoms with E-state index in [-0.39, 0.29) is 0 Å². The Balaban J connectivity index is 0.977. The summed E-state index contributed by atoms with van der Waals surface area (Å²) in [7, 11) is 0. The zero-order chi connectivity index (χ0) is 53.0. The van der Waals surface area contributed by atoms with E-state index in [2.05, 4.69) is 217 Å². The molecular formula is C75H82N2. The molecule has 0 fully saturated rings. The summed E-state index contributed by atoms with van der Waals surface area (Å²) in [5.74, 6) is 2.19. The van der Waals surface area contributed by atoms with Crippen molar-refractivity contribution in [2.45, 2.75) is 150 Å². The summed E-state index contributed by atoms with van der Waals surface area (Å²) in [5.41, 5.74) is 24.1. The van der Waals surface area contributed by atoms with Gasteiger partial charge in [-0.25, -0.2) is 0 Å². The summed E-state index contributed by atoms with van der Waals surface area (Å²) in [6.45, 7) is 16.5. The Morgan fingerprint density at radius 2 is 0.987 bits per heavy atom. The van der Waals surface area contributed by atoms with Gasteiger partial charge in [0.2, 0.25) is 0 Å². The van der Waals surface area contributed by atoms with E-state index in [1.54, 1.807) is 0 Å². The van der Waals surface area contributed by atoms with Gasteiger partial charge in [0.05, 0.1) is 16.7 Å². The molecule has 0 N–H and O–H groups in total. The summed E-state index contributed by atoms with van der Waals surface area (Å²) in [4.78, 5) is 5.03. The topological polar surface area (TPSA) is 17.8 Å². The Morgan fingerprint density at radius 3 is 1.58 bits per heavy atom. The van der Waals surface area contributed by atoms with Crippen LogP contribution in [0.25, 0.3) is 72.5 Å². The summed E-state index contributed by atoms with van der Waals surface area (Å²) in [6.07, 6.45) is 23.1. The minimum Gasteiger partial charge on any atom is -0.309 e. The third-order valence-corrected chi connectivity index (χ3v) is 18.4. The number of benzene rings is 7. The molecule has 0 saturated carbocycles. The third kappa shape index (κ3) is 10.1. The maximum absolute atomic E-state index is 5.03. The highest BCUT2D eigenvalue weighted by Crippen LogP contribution is 2.55. The van der Waals surface area contributed by atoms with Crippen molar-refractivity contribution in [3.05, 3.63) is 214 Å². The van der Waals surface area contributed by atoms with E-state index < -0.39 is 5.41 Å². The molecule has 2 heteroatoms. The molecule has 0 amide bonds. The fourth-order valence-electron chi connectivity index (χ4n) is 13.8. The van der Waals surface area contributed by atoms with Gasteiger partial charge in [0.25, 0.3) is 0 Å². The Labute approximate surface area is 461 Å². The van der Waals surface area contributed by atoms with Gasteiger partial charge in [-0.2, -0.15) is 0 Å². The zero-order valence-electron chi connectivity index (χ0n) is 47.4. The van der Waals surface area contributed by atoms with Gasteiger partial charge < -0.3 is 4.57 Å². The average molecular weight is 1010 g/mol. The maximum Gasteiger partial charge on any atom is 0.0786 e. The van der Waals surface area contributed by atoms with Crippen molar-refractivity contribution in [2.75, 3.05) is 0 Å². The molecule has 2 aromatic heterocycles. The van der Waals surface area contributed by atoms with Gasteiger partial charge in [0.15, 0.2) is 0 Å². The van der Waals surface area contributed by atoms with Crippen molar-refractivity contribution in [3.63, 3.8) is 0 Å². The molecule has 0 bridgehead atoms. The van der Waals surface area contributed by atoms with Crippen LogP contribution < -0.4 is 0 Å². The molecule has 392 valence electrons. The zero-order valence-corrected chi connectivity index (χ0v) is 47.4. The predicted molar refractivity (Wildman–Crippen MR) is 331 cm³/mol. The highest BCUT2D eigenvalue weighted by Gasteiger charge is 2.42. The molecule has 2 aliphatic rings. The molecule has 2 nitrogen and oxygen atoms in total. The van der Waals surface area contributed by atoms with Gasteiger partial charge in [-0.15, -0.1) is 0 Å². The highest BCUT2D eigenvalue weighted by molar-refractivity contribution is 6.10. The number of rotatable bonds is 22. The Bertz CT molecular complexity index is 3490. The smallest absolute Gasteiger partial charge is 0.0786 e. The van der Waals surface area contributed by atoms with Crippen molar-refractivity contribution >= 4 is 33.5 Å². The highest BCUT2D eigenvalue weighted by atomic mass is 15.0. The van der Waals surface area contributed by atoms with E-state index >= 15 is 0 Å². The first kappa shape index (κ1) is 52.3. The SMILES string of the molecule is CCCCC(CC)Cc1ccc(/C=C2/c3ccc(-c4ccccc4C4(C)c5ccccc5-c5cc(-n6c7ccc(CC(CC)CCCC)cc7c7cc(CC(CC)CCCC)ccc76)ccc54)cc3-c3cccnc32)cc1. The van der Waals surface area contributed by atoms with Crippen molar-refractivity contribution in [1.82, 2.24) is 9.55 Å². The van der Waals surface area contributed by atoms with E-state index in [0.717, 1.165) is 42.7 Å². The number of aromatic nitrogens is 2. The summed E-state index contributed by atoms with van der Waals surface area (Å²) >= 11 is 0. The third-order valence-electron chi connectivity index (χ3n) is 18.4. The van der Waals surface area contributed by atoms with Crippen LogP contribution in [0.5, 0.6) is 0 Å². The number of hydrogen-bond donors (Lipinski definition) is 0. The van der Waals surface area contributed by atoms with Crippen molar-refractivity contribution < 1.29 is 0 Å². The van der Waals surface area contributed by atoms with Crippen LogP contribution in [-0.4, -0.2) is 9.55 Å². The van der Waals surface area contributed by atoms with E-state index in [1.807, 2.05) is 6.20 Å². The molecule has 9 aromatic rings. The molecule has 77 heavy (non-hydrogen) atoms. The van der Waals surface area contributed by atoms with Crippen LogP contribution in [0.4, 0.5) is 0 Å². The monoisotopic (exact) mass is 1010 g/mol. The number of pyridine rings is 1. The Morgan fingerprint density at radius 1 is 0.455 bits per heavy atom. The molecule has 2 aliphatic carbocycles. The quantitative estimate of drug-likeness (QED) is 0.0662. The van der Waals surface area contributed by atoms with E-state index in [9.17, 15) is 0 Å². The number of nitrogens with zero attached hydrogens (tertiary/aromatic N) is 2. The van der Waals surface area contributed by atoms with Gasteiger partial charge in [-0.1, -0.05) is 228 Å². The summed E-state index contributed by atoms with van der Waals surface area (Å²) in [5, 5.41) is 2.77. The Hall–Kier alpha value is -6.77. The molecule has 0 radical (unpaired) electrons. The van der Waals surface area contributed by atoms with E-state index in [1.165, 1.54) is 188 Å². The number of hydrogen-bond acceptors (Lipinski definition) is 1. The van der Waals surface area contributed by atoms with Crippen LogP contribution in [0, 0.1) is 17.8 Å². The normalized spacial score (nSPS) is 16.2. The molecule has 0 saturated heterocycles. The lowest BCUT2D eigenvalue weighted by Gasteiger charge is -2.31. The molecule has 4 unspecified atom stereocenters. The van der Waals surface area contributed by atoms with Gasteiger partial charge in [-0.05, 0) is 171 Å². The second kappa shape index (κ2) is 23.1. The van der Waals surface area contributed by atoms with E-state index in [0.29, 0.717) is 0 Å². The maximum atomic E-state index is 5.03. The van der Waals surface area contributed by atoms with Gasteiger partial charge in [0, 0.05) is 39.2 Å². The molecule has 11 rings (SSSR count). The lowest BCUT2D eigenvalue weighted by molar-refractivity contribution is 0.449. The van der Waals surface area contributed by atoms with E-state index in [4.69, 9.17) is 4.98 Å². The van der Waals surface area contributed by atoms with Crippen LogP contribution in [0.2, 0.25) is 0 Å². The number of fused-ring (bicyclic) bond motifs is 9. The van der Waals surface area contributed by atoms with Gasteiger partial charge >= 0.3 is 0 Å². The average Bonchev–Trinajstić information content (AvgIpc) is 4.23. The van der Waals surface area contributed by atoms with Crippen LogP contribution in [0.1, 0.15) is 176 Å². The molecule has 7 aromatic carbocycles. The van der Waals surface area contributed by atoms with Crippen LogP contribution >= 0.6 is 0 Å². The minimum absolute atomic E-state index is 0.393. The Kier molecular flexibility index (Phi) is 15.7.